The van der Waals surface area contributed by atoms with E-state index in [1.165, 1.54) is 0 Å². The molecule has 0 saturated heterocycles. The van der Waals surface area contributed by atoms with E-state index in [1.807, 2.05) is 85.9 Å². The smallest absolute Gasteiger partial charge is 0.269 e. The number of halogens is 1. The molecule has 0 spiro atoms. The van der Waals surface area contributed by atoms with Gasteiger partial charge in [0.25, 0.3) is 5.91 Å². The number of carbonyl (C=O) groups excluding carboxylic acids is 1. The van der Waals surface area contributed by atoms with Crippen molar-refractivity contribution < 1.29 is 28.2 Å². The fourth-order valence-electron chi connectivity index (χ4n) is 6.70. The van der Waals surface area contributed by atoms with Crippen molar-refractivity contribution in [2.45, 2.75) is 56.7 Å². The quantitative estimate of drug-likeness (QED) is 0.165. The van der Waals surface area contributed by atoms with Crippen molar-refractivity contribution in [3.05, 3.63) is 95.8 Å². The summed E-state index contributed by atoms with van der Waals surface area (Å²) in [6, 6.07) is 22.8. The summed E-state index contributed by atoms with van der Waals surface area (Å²) in [4.78, 5) is 14.6. The van der Waals surface area contributed by atoms with Gasteiger partial charge in [0, 0.05) is 42.6 Å². The average Bonchev–Trinajstić information content (AvgIpc) is 3.50. The Kier molecular flexibility index (Phi) is 8.76. The second-order valence-corrected chi connectivity index (χ2v) is 16.2. The molecule has 0 aliphatic carbocycles. The second kappa shape index (κ2) is 12.7. The van der Waals surface area contributed by atoms with Crippen LogP contribution in [0.25, 0.3) is 0 Å². The fourth-order valence-corrected chi connectivity index (χ4v) is 8.66. The van der Waals surface area contributed by atoms with Gasteiger partial charge >= 0.3 is 0 Å². The van der Waals surface area contributed by atoms with Crippen molar-refractivity contribution in [2.24, 2.45) is 5.92 Å². The first kappa shape index (κ1) is 30.9. The molecule has 2 aliphatic heterocycles. The molecule has 236 valence electrons. The Labute approximate surface area is 263 Å². The molecule has 3 aromatic carbocycles. The third-order valence-electron chi connectivity index (χ3n) is 9.02. The van der Waals surface area contributed by atoms with E-state index in [9.17, 15) is 9.90 Å². The van der Waals surface area contributed by atoms with Gasteiger partial charge in [0.2, 0.25) is 8.41 Å². The van der Waals surface area contributed by atoms with Crippen LogP contribution >= 0.6 is 0 Å². The van der Waals surface area contributed by atoms with Crippen LogP contribution < -0.4 is 14.4 Å². The van der Waals surface area contributed by atoms with Gasteiger partial charge in [0.15, 0.2) is 6.61 Å². The number of fused-ring (bicyclic) bond motifs is 2. The fraction of sp³-hybridized carbons (Fsp3) is 0.382. The normalized spacial score (nSPS) is 20.9. The van der Waals surface area contributed by atoms with Crippen molar-refractivity contribution in [1.29, 1.82) is 0 Å². The number of ether oxygens (including phenoxy) is 3. The predicted octanol–water partition coefficient (Wildman–Crippen LogP) is 6.18. The number of carbonyl (C=O) groups is 1. The summed E-state index contributed by atoms with van der Waals surface area (Å²) in [7, 11) is -1.59. The number of hydrogen-bond acceptors (Lipinski definition) is 7. The first-order valence-corrected chi connectivity index (χ1v) is 18.3. The highest BCUT2D eigenvalue weighted by Gasteiger charge is 2.47. The van der Waals surface area contributed by atoms with E-state index in [0.29, 0.717) is 41.5 Å². The summed E-state index contributed by atoms with van der Waals surface area (Å²) in [5, 5.41) is 18.7. The van der Waals surface area contributed by atoms with Crippen LogP contribution in [0.2, 0.25) is 18.6 Å². The van der Waals surface area contributed by atoms with Gasteiger partial charge in [0.05, 0.1) is 30.0 Å². The number of benzene rings is 3. The van der Waals surface area contributed by atoms with Crippen LogP contribution in [-0.2, 0) is 16.1 Å². The maximum atomic E-state index is 16.1. The van der Waals surface area contributed by atoms with Crippen LogP contribution in [0.5, 0.6) is 11.5 Å². The largest absolute Gasteiger partial charge is 0.490 e. The number of aliphatic hydroxyl groups excluding tert-OH is 1. The molecule has 3 heterocycles. The number of methoxy groups -OCH3 is 1. The van der Waals surface area contributed by atoms with Crippen molar-refractivity contribution in [3.8, 4) is 11.5 Å². The highest BCUT2D eigenvalue weighted by Crippen LogP contribution is 2.49. The van der Waals surface area contributed by atoms with Gasteiger partial charge in [-0.1, -0.05) is 54.6 Å². The molecular weight excluding hydrogens is 591 g/mol. The summed E-state index contributed by atoms with van der Waals surface area (Å²) in [5.74, 6) is 0.659. The molecular formula is C34H39FN4O5Si. The van der Waals surface area contributed by atoms with Gasteiger partial charge in [-0.2, -0.15) is 0 Å². The van der Waals surface area contributed by atoms with Gasteiger partial charge in [-0.25, -0.2) is 0 Å². The zero-order valence-corrected chi connectivity index (χ0v) is 27.0. The van der Waals surface area contributed by atoms with Crippen molar-refractivity contribution in [1.82, 2.24) is 15.0 Å². The lowest BCUT2D eigenvalue weighted by molar-refractivity contribution is -0.120. The number of aryl methyl sites for hydroxylation is 1. The van der Waals surface area contributed by atoms with Crippen LogP contribution in [0.1, 0.15) is 42.2 Å². The average molecular weight is 631 g/mol. The molecule has 0 saturated carbocycles. The topological polar surface area (TPSA) is 98.9 Å². The van der Waals surface area contributed by atoms with E-state index >= 15 is 4.11 Å². The zero-order chi connectivity index (χ0) is 31.7. The van der Waals surface area contributed by atoms with E-state index in [-0.39, 0.29) is 42.6 Å². The van der Waals surface area contributed by atoms with Gasteiger partial charge in [-0.15, -0.1) is 5.10 Å². The Hall–Kier alpha value is -4.06. The van der Waals surface area contributed by atoms with Crippen molar-refractivity contribution in [3.63, 3.8) is 0 Å². The molecule has 9 nitrogen and oxygen atoms in total. The number of rotatable bonds is 10. The Morgan fingerprint density at radius 3 is 2.58 bits per heavy atom. The van der Waals surface area contributed by atoms with E-state index < -0.39 is 14.5 Å². The summed E-state index contributed by atoms with van der Waals surface area (Å²) in [6.07, 6.45) is 1.55. The maximum Gasteiger partial charge on any atom is 0.269 e. The van der Waals surface area contributed by atoms with Gasteiger partial charge in [0.1, 0.15) is 17.6 Å². The lowest BCUT2D eigenvalue weighted by Crippen LogP contribution is -2.46. The van der Waals surface area contributed by atoms with Crippen LogP contribution in [0.3, 0.4) is 0 Å². The predicted molar refractivity (Wildman–Crippen MR) is 171 cm³/mol. The monoisotopic (exact) mass is 630 g/mol. The molecule has 0 radical (unpaired) electrons. The Morgan fingerprint density at radius 2 is 1.84 bits per heavy atom. The summed E-state index contributed by atoms with van der Waals surface area (Å²) >= 11 is 0. The standard InChI is InChI=1S/C34H39FN4O5Si/c1-22-33(42-2)25-18-24(39-28-12-8-9-13-30(28)43-21-32(39)41)14-15-29(25)44-34(22)31(45(3,4)35)16-17-38-19-27(36-37-38)26(20-40)23-10-6-5-7-11-23/h5-15,18-19,22,26,31,33-34,40H,16-17,20-21H2,1-4H3/t22-,26?,31?,33-,34-/m1/s1. The third-order valence-corrected chi connectivity index (χ3v) is 11.4. The van der Waals surface area contributed by atoms with Crippen LogP contribution in [0.4, 0.5) is 15.5 Å². The third kappa shape index (κ3) is 6.12. The minimum atomic E-state index is -3.24. The number of aromatic nitrogens is 3. The van der Waals surface area contributed by atoms with Gasteiger partial charge in [-0.3, -0.25) is 14.4 Å². The molecule has 11 heteroatoms. The second-order valence-electron chi connectivity index (χ2n) is 12.3. The minimum absolute atomic E-state index is 0.0468. The van der Waals surface area contributed by atoms with E-state index in [2.05, 4.69) is 10.3 Å². The first-order chi connectivity index (χ1) is 21.7. The summed E-state index contributed by atoms with van der Waals surface area (Å²) < 4.78 is 36.1. The van der Waals surface area contributed by atoms with Crippen molar-refractivity contribution in [2.75, 3.05) is 25.2 Å². The molecule has 0 fully saturated rings. The van der Waals surface area contributed by atoms with Crippen molar-refractivity contribution >= 4 is 25.7 Å². The lowest BCUT2D eigenvalue weighted by Gasteiger charge is -2.43. The van der Waals surface area contributed by atoms with Crippen LogP contribution in [0.15, 0.2) is 79.0 Å². The number of para-hydroxylation sites is 2. The van der Waals surface area contributed by atoms with E-state index in [4.69, 9.17) is 14.2 Å². The molecule has 45 heavy (non-hydrogen) atoms. The zero-order valence-electron chi connectivity index (χ0n) is 26.0. The Bertz CT molecular complexity index is 1650. The number of aliphatic hydroxyl groups is 1. The summed E-state index contributed by atoms with van der Waals surface area (Å²) in [5.41, 5.74) is 3.47. The number of anilines is 2. The molecule has 2 aliphatic rings. The Balaban J connectivity index is 1.24. The molecule has 4 aromatic rings. The lowest BCUT2D eigenvalue weighted by atomic mass is 9.86. The molecule has 1 aromatic heterocycles. The van der Waals surface area contributed by atoms with Crippen LogP contribution in [-0.4, -0.2) is 60.8 Å². The number of nitrogens with zero attached hydrogens (tertiary/aromatic N) is 4. The molecule has 6 rings (SSSR count). The summed E-state index contributed by atoms with van der Waals surface area (Å²) in [6.45, 7) is 5.80. The molecule has 5 atom stereocenters. The number of amides is 1. The highest BCUT2D eigenvalue weighted by atomic mass is 28.4. The van der Waals surface area contributed by atoms with E-state index in [0.717, 1.165) is 11.1 Å². The SMILES string of the molecule is CO[C@H]1c2cc(N3C(=O)COc4ccccc43)ccc2O[C@@H](C(CCn2cc(C(CO)c3ccccc3)nn2)[Si](C)(C)F)[C@@H]1C. The maximum absolute atomic E-state index is 16.1. The molecule has 0 bridgehead atoms. The molecule has 1 amide bonds. The van der Waals surface area contributed by atoms with E-state index in [1.54, 1.807) is 29.8 Å². The molecule has 1 N–H and O–H groups in total. The highest BCUT2D eigenvalue weighted by molar-refractivity contribution is 6.72. The number of hydrogen-bond donors (Lipinski definition) is 1. The Morgan fingerprint density at radius 1 is 1.09 bits per heavy atom. The van der Waals surface area contributed by atoms with Gasteiger partial charge in [-0.05, 0) is 55.4 Å². The van der Waals surface area contributed by atoms with Gasteiger partial charge < -0.3 is 23.4 Å². The minimum Gasteiger partial charge on any atom is -0.490 e. The first-order valence-electron chi connectivity index (χ1n) is 15.3. The molecule has 2 unspecified atom stereocenters. The van der Waals surface area contributed by atoms with Crippen LogP contribution in [0, 0.1) is 5.92 Å².